The number of aliphatic hydroxyl groups excluding tert-OH is 1. The number of methoxy groups -OCH3 is 1. The van der Waals surface area contributed by atoms with Crippen LogP contribution in [-0.4, -0.2) is 67.5 Å². The maximum atomic E-state index is 12.6. The third kappa shape index (κ3) is 5.74. The van der Waals surface area contributed by atoms with Gasteiger partial charge in [0.2, 0.25) is 0 Å². The number of β-amino-alcohol motifs (C(OH)–C–C–N with tert-alkyl or cyclic N) is 1. The molecule has 158 valence electrons. The fourth-order valence-electron chi connectivity index (χ4n) is 3.18. The SMILES string of the molecule is COc1ccccc1OC[C@@H](O)CN1CCN(c2ccc(C(F)(F)F)cn2)CC1. The van der Waals surface area contributed by atoms with E-state index in [-0.39, 0.29) is 6.61 Å². The minimum atomic E-state index is -4.38. The summed E-state index contributed by atoms with van der Waals surface area (Å²) in [7, 11) is 1.56. The quantitative estimate of drug-likeness (QED) is 0.756. The summed E-state index contributed by atoms with van der Waals surface area (Å²) < 4.78 is 48.8. The van der Waals surface area contributed by atoms with Crippen molar-refractivity contribution in [3.8, 4) is 11.5 Å². The Balaban J connectivity index is 1.44. The van der Waals surface area contributed by atoms with Crippen LogP contribution in [0.15, 0.2) is 42.6 Å². The zero-order valence-corrected chi connectivity index (χ0v) is 16.1. The molecule has 1 aromatic carbocycles. The Kier molecular flexibility index (Phi) is 6.81. The number of anilines is 1. The number of hydrogen-bond acceptors (Lipinski definition) is 6. The number of para-hydroxylation sites is 2. The van der Waals surface area contributed by atoms with Crippen LogP contribution in [0.3, 0.4) is 0 Å². The van der Waals surface area contributed by atoms with Crippen LogP contribution < -0.4 is 14.4 Å². The topological polar surface area (TPSA) is 58.1 Å². The van der Waals surface area contributed by atoms with Crippen LogP contribution in [0, 0.1) is 0 Å². The number of ether oxygens (including phenoxy) is 2. The third-order valence-corrected chi connectivity index (χ3v) is 4.74. The lowest BCUT2D eigenvalue weighted by molar-refractivity contribution is -0.137. The van der Waals surface area contributed by atoms with Crippen LogP contribution in [0.2, 0.25) is 0 Å². The van der Waals surface area contributed by atoms with Gasteiger partial charge in [0.1, 0.15) is 18.5 Å². The fraction of sp³-hybridized carbons (Fsp3) is 0.450. The molecule has 0 bridgehead atoms. The van der Waals surface area contributed by atoms with E-state index < -0.39 is 17.8 Å². The Bertz CT molecular complexity index is 779. The Hall–Kier alpha value is -2.52. The van der Waals surface area contributed by atoms with Gasteiger partial charge in [-0.15, -0.1) is 0 Å². The van der Waals surface area contributed by atoms with Crippen molar-refractivity contribution in [3.63, 3.8) is 0 Å². The molecule has 1 fully saturated rings. The van der Waals surface area contributed by atoms with Crippen LogP contribution in [0.5, 0.6) is 11.5 Å². The predicted molar refractivity (Wildman–Crippen MR) is 102 cm³/mol. The standard InChI is InChI=1S/C20H24F3N3O3/c1-28-17-4-2-3-5-18(17)29-14-16(27)13-25-8-10-26(11-9-25)19-7-6-15(12-24-19)20(21,22)23/h2-7,12,16,27H,8-11,13-14H2,1H3/t16-/m0/s1. The minimum Gasteiger partial charge on any atom is -0.493 e. The number of rotatable bonds is 7. The van der Waals surface area contributed by atoms with Crippen molar-refractivity contribution in [2.75, 3.05) is 51.3 Å². The molecule has 0 unspecified atom stereocenters. The van der Waals surface area contributed by atoms with E-state index in [2.05, 4.69) is 9.88 Å². The summed E-state index contributed by atoms with van der Waals surface area (Å²) in [4.78, 5) is 7.97. The Morgan fingerprint density at radius 2 is 1.76 bits per heavy atom. The van der Waals surface area contributed by atoms with Crippen LogP contribution in [0.1, 0.15) is 5.56 Å². The second-order valence-electron chi connectivity index (χ2n) is 6.81. The molecular weight excluding hydrogens is 387 g/mol. The number of pyridine rings is 1. The molecule has 2 aromatic rings. The predicted octanol–water partition coefficient (Wildman–Crippen LogP) is 2.67. The largest absolute Gasteiger partial charge is 0.493 e. The van der Waals surface area contributed by atoms with Crippen molar-refractivity contribution in [1.29, 1.82) is 0 Å². The van der Waals surface area contributed by atoms with Gasteiger partial charge in [-0.3, -0.25) is 4.90 Å². The molecule has 1 atom stereocenters. The lowest BCUT2D eigenvalue weighted by Gasteiger charge is -2.36. The highest BCUT2D eigenvalue weighted by Gasteiger charge is 2.31. The molecule has 9 heteroatoms. The number of hydrogen-bond donors (Lipinski definition) is 1. The van der Waals surface area contributed by atoms with Gasteiger partial charge >= 0.3 is 6.18 Å². The summed E-state index contributed by atoms with van der Waals surface area (Å²) >= 11 is 0. The van der Waals surface area contributed by atoms with E-state index in [4.69, 9.17) is 9.47 Å². The molecule has 0 amide bonds. The Morgan fingerprint density at radius 3 is 2.34 bits per heavy atom. The highest BCUT2D eigenvalue weighted by Crippen LogP contribution is 2.29. The maximum absolute atomic E-state index is 12.6. The normalized spacial score (nSPS) is 16.5. The molecule has 0 saturated carbocycles. The molecule has 3 rings (SSSR count). The first-order valence-electron chi connectivity index (χ1n) is 9.31. The van der Waals surface area contributed by atoms with Gasteiger partial charge in [0, 0.05) is 38.9 Å². The van der Waals surface area contributed by atoms with Gasteiger partial charge < -0.3 is 19.5 Å². The van der Waals surface area contributed by atoms with Crippen molar-refractivity contribution in [1.82, 2.24) is 9.88 Å². The Morgan fingerprint density at radius 1 is 1.07 bits per heavy atom. The summed E-state index contributed by atoms with van der Waals surface area (Å²) in [5.74, 6) is 1.71. The van der Waals surface area contributed by atoms with Gasteiger partial charge in [-0.25, -0.2) is 4.98 Å². The third-order valence-electron chi connectivity index (χ3n) is 4.74. The second-order valence-corrected chi connectivity index (χ2v) is 6.81. The first-order chi connectivity index (χ1) is 13.9. The van der Waals surface area contributed by atoms with E-state index in [0.29, 0.717) is 50.0 Å². The lowest BCUT2D eigenvalue weighted by Crippen LogP contribution is -2.49. The molecule has 1 aliphatic rings. The van der Waals surface area contributed by atoms with E-state index in [0.717, 1.165) is 12.3 Å². The number of alkyl halides is 3. The first kappa shape index (κ1) is 21.2. The number of nitrogens with zero attached hydrogens (tertiary/aromatic N) is 3. The van der Waals surface area contributed by atoms with Gasteiger partial charge in [0.25, 0.3) is 0 Å². The van der Waals surface area contributed by atoms with Crippen molar-refractivity contribution in [3.05, 3.63) is 48.2 Å². The molecular formula is C20H24F3N3O3. The number of piperazine rings is 1. The summed E-state index contributed by atoms with van der Waals surface area (Å²) in [5.41, 5.74) is -0.752. The smallest absolute Gasteiger partial charge is 0.417 e. The van der Waals surface area contributed by atoms with Crippen LogP contribution in [0.4, 0.5) is 19.0 Å². The molecule has 0 spiro atoms. The molecule has 6 nitrogen and oxygen atoms in total. The van der Waals surface area contributed by atoms with Crippen LogP contribution in [-0.2, 0) is 6.18 Å². The molecule has 1 N–H and O–H groups in total. The molecule has 29 heavy (non-hydrogen) atoms. The summed E-state index contributed by atoms with van der Waals surface area (Å²) in [5, 5.41) is 10.3. The van der Waals surface area contributed by atoms with Crippen molar-refractivity contribution < 1.29 is 27.8 Å². The lowest BCUT2D eigenvalue weighted by atomic mass is 10.2. The van der Waals surface area contributed by atoms with Gasteiger partial charge in [-0.1, -0.05) is 12.1 Å². The van der Waals surface area contributed by atoms with Crippen LogP contribution in [0.25, 0.3) is 0 Å². The fourth-order valence-corrected chi connectivity index (χ4v) is 3.18. The van der Waals surface area contributed by atoms with Crippen molar-refractivity contribution >= 4 is 5.82 Å². The van der Waals surface area contributed by atoms with Crippen LogP contribution >= 0.6 is 0 Å². The number of aromatic nitrogens is 1. The monoisotopic (exact) mass is 411 g/mol. The second kappa shape index (κ2) is 9.32. The van der Waals surface area contributed by atoms with Crippen molar-refractivity contribution in [2.45, 2.75) is 12.3 Å². The van der Waals surface area contributed by atoms with E-state index in [1.54, 1.807) is 19.2 Å². The van der Waals surface area contributed by atoms with E-state index >= 15 is 0 Å². The van der Waals surface area contributed by atoms with Crippen molar-refractivity contribution in [2.24, 2.45) is 0 Å². The van der Waals surface area contributed by atoms with Gasteiger partial charge in [-0.05, 0) is 24.3 Å². The van der Waals surface area contributed by atoms with E-state index in [9.17, 15) is 18.3 Å². The molecule has 2 heterocycles. The highest BCUT2D eigenvalue weighted by molar-refractivity contribution is 5.40. The van der Waals surface area contributed by atoms with Gasteiger partial charge in [-0.2, -0.15) is 13.2 Å². The maximum Gasteiger partial charge on any atom is 0.417 e. The number of benzene rings is 1. The highest BCUT2D eigenvalue weighted by atomic mass is 19.4. The van der Waals surface area contributed by atoms with Gasteiger partial charge in [0.05, 0.1) is 12.7 Å². The Labute approximate surface area is 167 Å². The zero-order chi connectivity index (χ0) is 20.9. The average Bonchev–Trinajstić information content (AvgIpc) is 2.72. The molecule has 1 aliphatic heterocycles. The summed E-state index contributed by atoms with van der Waals surface area (Å²) in [6, 6.07) is 9.69. The molecule has 1 aromatic heterocycles. The van der Waals surface area contributed by atoms with Gasteiger partial charge in [0.15, 0.2) is 11.5 Å². The number of halogens is 3. The first-order valence-corrected chi connectivity index (χ1v) is 9.31. The molecule has 0 aliphatic carbocycles. The number of aliphatic hydroxyl groups is 1. The summed E-state index contributed by atoms with van der Waals surface area (Å²) in [6.07, 6.45) is -4.19. The zero-order valence-electron chi connectivity index (χ0n) is 16.1. The minimum absolute atomic E-state index is 0.140. The molecule has 1 saturated heterocycles. The van der Waals surface area contributed by atoms with E-state index in [1.165, 1.54) is 6.07 Å². The summed E-state index contributed by atoms with van der Waals surface area (Å²) in [6.45, 7) is 3.18. The average molecular weight is 411 g/mol. The van der Waals surface area contributed by atoms with E-state index in [1.807, 2.05) is 17.0 Å². The molecule has 0 radical (unpaired) electrons.